The molecule has 2 aromatic carbocycles. The number of anilines is 2. The summed E-state index contributed by atoms with van der Waals surface area (Å²) < 4.78 is 1.07. The number of hydrogen-bond acceptors (Lipinski definition) is 2. The minimum Gasteiger partial charge on any atom is -0.368 e. The lowest BCUT2D eigenvalue weighted by Crippen LogP contribution is -2.50. The molecule has 6 heteroatoms. The summed E-state index contributed by atoms with van der Waals surface area (Å²) in [7, 11) is 0. The van der Waals surface area contributed by atoms with Gasteiger partial charge in [0, 0.05) is 47.0 Å². The average Bonchev–Trinajstić information content (AvgIpc) is 2.57. The highest BCUT2D eigenvalue weighted by Crippen LogP contribution is 2.21. The quantitative estimate of drug-likeness (QED) is 0.816. The summed E-state index contributed by atoms with van der Waals surface area (Å²) in [5.74, 6) is 0. The molecule has 0 aromatic heterocycles. The fourth-order valence-corrected chi connectivity index (χ4v) is 3.09. The zero-order valence-corrected chi connectivity index (χ0v) is 14.8. The van der Waals surface area contributed by atoms with Gasteiger partial charge >= 0.3 is 6.03 Å². The predicted octanol–water partition coefficient (Wildman–Crippen LogP) is 4.46. The normalized spacial score (nSPS) is 14.7. The number of carbonyl (C=O) groups excluding carboxylic acids is 1. The fraction of sp³-hybridized carbons (Fsp3) is 0.235. The Labute approximate surface area is 149 Å². The number of nitrogens with zero attached hydrogens (tertiary/aromatic N) is 2. The SMILES string of the molecule is O=C(Nc1ccc(Cl)cc1)N1CCN(c2cccc(Br)c2)CC1. The summed E-state index contributed by atoms with van der Waals surface area (Å²) in [5, 5.41) is 3.56. The maximum absolute atomic E-state index is 12.3. The van der Waals surface area contributed by atoms with Crippen molar-refractivity contribution < 1.29 is 4.79 Å². The first-order valence-corrected chi connectivity index (χ1v) is 8.61. The molecular formula is C17H17BrClN3O. The minimum atomic E-state index is -0.0683. The van der Waals surface area contributed by atoms with Crippen LogP contribution in [0.15, 0.2) is 53.0 Å². The van der Waals surface area contributed by atoms with Gasteiger partial charge in [-0.25, -0.2) is 4.79 Å². The first-order chi connectivity index (χ1) is 11.1. The first kappa shape index (κ1) is 16.1. The van der Waals surface area contributed by atoms with Gasteiger partial charge in [0.2, 0.25) is 0 Å². The van der Waals surface area contributed by atoms with Crippen LogP contribution in [0.3, 0.4) is 0 Å². The molecule has 3 rings (SSSR count). The molecule has 1 aliphatic heterocycles. The molecule has 23 heavy (non-hydrogen) atoms. The van der Waals surface area contributed by atoms with Crippen molar-refractivity contribution in [2.75, 3.05) is 36.4 Å². The molecule has 0 atom stereocenters. The first-order valence-electron chi connectivity index (χ1n) is 7.44. The van der Waals surface area contributed by atoms with Crippen LogP contribution in [0, 0.1) is 0 Å². The molecule has 0 spiro atoms. The lowest BCUT2D eigenvalue weighted by atomic mass is 10.2. The van der Waals surface area contributed by atoms with E-state index >= 15 is 0 Å². The van der Waals surface area contributed by atoms with E-state index in [1.54, 1.807) is 24.3 Å². The number of piperazine rings is 1. The Balaban J connectivity index is 1.56. The molecule has 0 bridgehead atoms. The Bertz CT molecular complexity index is 684. The highest BCUT2D eigenvalue weighted by molar-refractivity contribution is 9.10. The average molecular weight is 395 g/mol. The van der Waals surface area contributed by atoms with Crippen LogP contribution < -0.4 is 10.2 Å². The Kier molecular flexibility index (Phi) is 5.08. The van der Waals surface area contributed by atoms with E-state index < -0.39 is 0 Å². The van der Waals surface area contributed by atoms with Gasteiger partial charge in [-0.1, -0.05) is 33.6 Å². The number of carbonyl (C=O) groups is 1. The third-order valence-corrected chi connectivity index (χ3v) is 4.58. The molecule has 2 aromatic rings. The number of amides is 2. The van der Waals surface area contributed by atoms with E-state index in [4.69, 9.17) is 11.6 Å². The zero-order chi connectivity index (χ0) is 16.2. The van der Waals surface area contributed by atoms with Gasteiger partial charge in [-0.3, -0.25) is 0 Å². The minimum absolute atomic E-state index is 0.0683. The Morgan fingerprint density at radius 3 is 2.39 bits per heavy atom. The van der Waals surface area contributed by atoms with E-state index in [-0.39, 0.29) is 6.03 Å². The van der Waals surface area contributed by atoms with Crippen LogP contribution in [0.4, 0.5) is 16.2 Å². The standard InChI is InChI=1S/C17H17BrClN3O/c18-13-2-1-3-16(12-13)21-8-10-22(11-9-21)17(23)20-15-6-4-14(19)5-7-15/h1-7,12H,8-11H2,(H,20,23). The van der Waals surface area contributed by atoms with Crippen molar-refractivity contribution in [3.05, 3.63) is 58.0 Å². The van der Waals surface area contributed by atoms with Crippen molar-refractivity contribution in [3.8, 4) is 0 Å². The lowest BCUT2D eigenvalue weighted by molar-refractivity contribution is 0.208. The summed E-state index contributed by atoms with van der Waals surface area (Å²) in [6, 6.07) is 15.3. The molecule has 4 nitrogen and oxygen atoms in total. The van der Waals surface area contributed by atoms with Crippen molar-refractivity contribution in [2.24, 2.45) is 0 Å². The van der Waals surface area contributed by atoms with E-state index in [0.717, 1.165) is 23.2 Å². The van der Waals surface area contributed by atoms with Crippen molar-refractivity contribution in [1.82, 2.24) is 4.90 Å². The van der Waals surface area contributed by atoms with Gasteiger partial charge in [0.1, 0.15) is 0 Å². The third kappa shape index (κ3) is 4.18. The van der Waals surface area contributed by atoms with Crippen molar-refractivity contribution in [1.29, 1.82) is 0 Å². The zero-order valence-electron chi connectivity index (χ0n) is 12.5. The van der Waals surface area contributed by atoms with Crippen LogP contribution in [-0.2, 0) is 0 Å². The molecule has 1 N–H and O–H groups in total. The van der Waals surface area contributed by atoms with Gasteiger partial charge in [-0.15, -0.1) is 0 Å². The number of rotatable bonds is 2. The van der Waals surface area contributed by atoms with E-state index in [0.29, 0.717) is 18.1 Å². The van der Waals surface area contributed by atoms with E-state index in [9.17, 15) is 4.79 Å². The molecule has 1 aliphatic rings. The Morgan fingerprint density at radius 1 is 1.04 bits per heavy atom. The largest absolute Gasteiger partial charge is 0.368 e. The number of nitrogens with one attached hydrogen (secondary N) is 1. The van der Waals surface area contributed by atoms with E-state index in [1.807, 2.05) is 17.0 Å². The summed E-state index contributed by atoms with van der Waals surface area (Å²) in [6.45, 7) is 3.05. The molecule has 0 radical (unpaired) electrons. The topological polar surface area (TPSA) is 35.6 Å². The maximum atomic E-state index is 12.3. The Morgan fingerprint density at radius 2 is 1.74 bits per heavy atom. The van der Waals surface area contributed by atoms with Gasteiger partial charge < -0.3 is 15.1 Å². The highest BCUT2D eigenvalue weighted by Gasteiger charge is 2.21. The molecule has 0 unspecified atom stereocenters. The van der Waals surface area contributed by atoms with Crippen molar-refractivity contribution in [2.45, 2.75) is 0 Å². The van der Waals surface area contributed by atoms with E-state index in [2.05, 4.69) is 38.3 Å². The number of hydrogen-bond donors (Lipinski definition) is 1. The molecule has 1 heterocycles. The van der Waals surface area contributed by atoms with Crippen LogP contribution >= 0.6 is 27.5 Å². The second kappa shape index (κ2) is 7.23. The fourth-order valence-electron chi connectivity index (χ4n) is 2.58. The van der Waals surface area contributed by atoms with E-state index in [1.165, 1.54) is 5.69 Å². The summed E-state index contributed by atoms with van der Waals surface area (Å²) >= 11 is 9.35. The van der Waals surface area contributed by atoms with Crippen molar-refractivity contribution >= 4 is 44.9 Å². The van der Waals surface area contributed by atoms with Gasteiger partial charge in [-0.2, -0.15) is 0 Å². The van der Waals surface area contributed by atoms with Crippen LogP contribution in [0.5, 0.6) is 0 Å². The van der Waals surface area contributed by atoms with Crippen LogP contribution in [0.2, 0.25) is 5.02 Å². The van der Waals surface area contributed by atoms with Crippen molar-refractivity contribution in [3.63, 3.8) is 0 Å². The molecule has 2 amide bonds. The van der Waals surface area contributed by atoms with Gasteiger partial charge in [0.25, 0.3) is 0 Å². The highest BCUT2D eigenvalue weighted by atomic mass is 79.9. The number of benzene rings is 2. The second-order valence-electron chi connectivity index (χ2n) is 5.39. The molecule has 0 aliphatic carbocycles. The summed E-state index contributed by atoms with van der Waals surface area (Å²) in [6.07, 6.45) is 0. The van der Waals surface area contributed by atoms with Gasteiger partial charge in [0.15, 0.2) is 0 Å². The van der Waals surface area contributed by atoms with Crippen LogP contribution in [0.1, 0.15) is 0 Å². The smallest absolute Gasteiger partial charge is 0.321 e. The number of urea groups is 1. The van der Waals surface area contributed by atoms with Crippen LogP contribution in [0.25, 0.3) is 0 Å². The summed E-state index contributed by atoms with van der Waals surface area (Å²) in [5.41, 5.74) is 1.94. The summed E-state index contributed by atoms with van der Waals surface area (Å²) in [4.78, 5) is 16.4. The number of halogens is 2. The van der Waals surface area contributed by atoms with Crippen LogP contribution in [-0.4, -0.2) is 37.1 Å². The Hall–Kier alpha value is -1.72. The molecule has 1 saturated heterocycles. The third-order valence-electron chi connectivity index (χ3n) is 3.84. The van der Waals surface area contributed by atoms with Gasteiger partial charge in [0.05, 0.1) is 0 Å². The molecule has 120 valence electrons. The molecule has 1 fully saturated rings. The lowest BCUT2D eigenvalue weighted by Gasteiger charge is -2.36. The van der Waals surface area contributed by atoms with Gasteiger partial charge in [-0.05, 0) is 42.5 Å². The molecular weight excluding hydrogens is 378 g/mol. The second-order valence-corrected chi connectivity index (χ2v) is 6.74. The predicted molar refractivity (Wildman–Crippen MR) is 98.4 cm³/mol. The maximum Gasteiger partial charge on any atom is 0.321 e. The molecule has 0 saturated carbocycles. The monoisotopic (exact) mass is 393 g/mol.